The molecular weight excluding hydrogens is 216 g/mol. The molecule has 0 spiro atoms. The van der Waals surface area contributed by atoms with E-state index in [-0.39, 0.29) is 5.78 Å². The van der Waals surface area contributed by atoms with Crippen LogP contribution in [0.3, 0.4) is 0 Å². The van der Waals surface area contributed by atoms with E-state index < -0.39 is 11.4 Å². The number of aliphatic carboxylic acids is 1. The molecule has 0 saturated heterocycles. The van der Waals surface area contributed by atoms with Crippen molar-refractivity contribution in [2.24, 2.45) is 11.3 Å². The van der Waals surface area contributed by atoms with Crippen molar-refractivity contribution >= 4 is 11.8 Å². The van der Waals surface area contributed by atoms with Gasteiger partial charge < -0.3 is 5.11 Å². The lowest BCUT2D eigenvalue weighted by molar-refractivity contribution is -0.152. The molecule has 0 aromatic carbocycles. The third-order valence-electron chi connectivity index (χ3n) is 4.72. The lowest BCUT2D eigenvalue weighted by Gasteiger charge is -2.33. The second-order valence-electron chi connectivity index (χ2n) is 5.81. The molecule has 2 fully saturated rings. The number of carboxylic acids is 1. The number of carbonyl (C=O) groups is 2. The molecule has 17 heavy (non-hydrogen) atoms. The van der Waals surface area contributed by atoms with Crippen LogP contribution >= 0.6 is 0 Å². The second kappa shape index (κ2) is 5.19. The molecule has 0 unspecified atom stereocenters. The SMILES string of the molecule is O=C1CCC(CCC2CCCC2)(C(=O)O)CC1. The Balaban J connectivity index is 1.92. The van der Waals surface area contributed by atoms with Gasteiger partial charge in [0.25, 0.3) is 0 Å². The third kappa shape index (κ3) is 2.88. The van der Waals surface area contributed by atoms with Crippen LogP contribution in [0.25, 0.3) is 0 Å². The van der Waals surface area contributed by atoms with Crippen LogP contribution in [-0.2, 0) is 9.59 Å². The van der Waals surface area contributed by atoms with E-state index in [0.29, 0.717) is 25.7 Å². The average molecular weight is 238 g/mol. The van der Waals surface area contributed by atoms with Gasteiger partial charge in [-0.1, -0.05) is 25.7 Å². The van der Waals surface area contributed by atoms with Gasteiger partial charge in [0, 0.05) is 12.8 Å². The van der Waals surface area contributed by atoms with Crippen molar-refractivity contribution in [3.63, 3.8) is 0 Å². The molecule has 0 aromatic rings. The molecule has 3 nitrogen and oxygen atoms in total. The Kier molecular flexibility index (Phi) is 3.85. The number of Topliss-reactive ketones (excluding diaryl/α,β-unsaturated/α-hetero) is 1. The highest BCUT2D eigenvalue weighted by Gasteiger charge is 2.41. The maximum Gasteiger partial charge on any atom is 0.309 e. The number of rotatable bonds is 4. The first-order valence-electron chi connectivity index (χ1n) is 6.87. The molecule has 1 N–H and O–H groups in total. The number of ketones is 1. The quantitative estimate of drug-likeness (QED) is 0.818. The van der Waals surface area contributed by atoms with E-state index in [2.05, 4.69) is 0 Å². The Labute approximate surface area is 103 Å². The van der Waals surface area contributed by atoms with Gasteiger partial charge in [0.05, 0.1) is 5.41 Å². The lowest BCUT2D eigenvalue weighted by Crippen LogP contribution is -2.36. The molecule has 96 valence electrons. The van der Waals surface area contributed by atoms with E-state index in [9.17, 15) is 14.7 Å². The van der Waals surface area contributed by atoms with Crippen LogP contribution in [0.1, 0.15) is 64.2 Å². The Morgan fingerprint density at radius 1 is 1.24 bits per heavy atom. The van der Waals surface area contributed by atoms with Gasteiger partial charge in [-0.25, -0.2) is 0 Å². The van der Waals surface area contributed by atoms with Crippen molar-refractivity contribution in [3.8, 4) is 0 Å². The van der Waals surface area contributed by atoms with Gasteiger partial charge in [-0.2, -0.15) is 0 Å². The Morgan fingerprint density at radius 2 is 1.82 bits per heavy atom. The molecule has 2 rings (SSSR count). The zero-order valence-electron chi connectivity index (χ0n) is 10.4. The highest BCUT2D eigenvalue weighted by molar-refractivity contribution is 5.83. The number of hydrogen-bond donors (Lipinski definition) is 1. The van der Waals surface area contributed by atoms with Gasteiger partial charge in [0.1, 0.15) is 5.78 Å². The highest BCUT2D eigenvalue weighted by atomic mass is 16.4. The van der Waals surface area contributed by atoms with E-state index in [1.54, 1.807) is 0 Å². The predicted octanol–water partition coefficient (Wildman–Crippen LogP) is 3.17. The van der Waals surface area contributed by atoms with Crippen molar-refractivity contribution in [2.45, 2.75) is 64.2 Å². The van der Waals surface area contributed by atoms with E-state index >= 15 is 0 Å². The second-order valence-corrected chi connectivity index (χ2v) is 5.81. The standard InChI is InChI=1S/C14H22O3/c15-12-6-9-14(10-7-12,13(16)17)8-5-11-3-1-2-4-11/h11H,1-10H2,(H,16,17). The first kappa shape index (κ1) is 12.6. The van der Waals surface area contributed by atoms with Crippen LogP contribution in [0.4, 0.5) is 0 Å². The summed E-state index contributed by atoms with van der Waals surface area (Å²) in [6.07, 6.45) is 9.05. The van der Waals surface area contributed by atoms with Crippen LogP contribution in [0, 0.1) is 11.3 Å². The Bertz CT molecular complexity index is 293. The fourth-order valence-corrected chi connectivity index (χ4v) is 3.36. The van der Waals surface area contributed by atoms with Gasteiger partial charge in [-0.3, -0.25) is 9.59 Å². The molecule has 0 amide bonds. The molecule has 0 bridgehead atoms. The number of hydrogen-bond acceptors (Lipinski definition) is 2. The summed E-state index contributed by atoms with van der Waals surface area (Å²) in [6.45, 7) is 0. The molecule has 0 aliphatic heterocycles. The van der Waals surface area contributed by atoms with Crippen molar-refractivity contribution in [1.29, 1.82) is 0 Å². The third-order valence-corrected chi connectivity index (χ3v) is 4.72. The Hall–Kier alpha value is -0.860. The Morgan fingerprint density at radius 3 is 2.35 bits per heavy atom. The summed E-state index contributed by atoms with van der Waals surface area (Å²) in [5, 5.41) is 9.44. The molecule has 0 atom stereocenters. The summed E-state index contributed by atoms with van der Waals surface area (Å²) in [5.41, 5.74) is -0.587. The highest BCUT2D eigenvalue weighted by Crippen LogP contribution is 2.42. The molecule has 3 heteroatoms. The van der Waals surface area contributed by atoms with Crippen molar-refractivity contribution in [3.05, 3.63) is 0 Å². The summed E-state index contributed by atoms with van der Waals surface area (Å²) in [4.78, 5) is 22.7. The fourth-order valence-electron chi connectivity index (χ4n) is 3.36. The van der Waals surface area contributed by atoms with E-state index in [0.717, 1.165) is 18.8 Å². The zero-order chi connectivity index (χ0) is 12.3. The molecule has 0 heterocycles. The topological polar surface area (TPSA) is 54.4 Å². The van der Waals surface area contributed by atoms with Crippen molar-refractivity contribution in [1.82, 2.24) is 0 Å². The van der Waals surface area contributed by atoms with E-state index in [1.165, 1.54) is 25.7 Å². The van der Waals surface area contributed by atoms with Crippen LogP contribution < -0.4 is 0 Å². The molecular formula is C14H22O3. The fraction of sp³-hybridized carbons (Fsp3) is 0.857. The minimum absolute atomic E-state index is 0.239. The van der Waals surface area contributed by atoms with E-state index in [4.69, 9.17) is 0 Å². The molecule has 2 saturated carbocycles. The van der Waals surface area contributed by atoms with Crippen LogP contribution in [0.5, 0.6) is 0 Å². The first-order chi connectivity index (χ1) is 8.12. The van der Waals surface area contributed by atoms with Crippen molar-refractivity contribution in [2.75, 3.05) is 0 Å². The molecule has 0 radical (unpaired) electrons. The van der Waals surface area contributed by atoms with Gasteiger partial charge in [0.2, 0.25) is 0 Å². The average Bonchev–Trinajstić information content (AvgIpc) is 2.81. The molecule has 0 aromatic heterocycles. The molecule has 2 aliphatic rings. The summed E-state index contributed by atoms with van der Waals surface area (Å²) in [5.74, 6) is 0.301. The van der Waals surface area contributed by atoms with Crippen molar-refractivity contribution < 1.29 is 14.7 Å². The van der Waals surface area contributed by atoms with Crippen LogP contribution in [-0.4, -0.2) is 16.9 Å². The van der Waals surface area contributed by atoms with Gasteiger partial charge in [-0.05, 0) is 31.6 Å². The smallest absolute Gasteiger partial charge is 0.309 e. The maximum atomic E-state index is 11.5. The summed E-state index contributed by atoms with van der Waals surface area (Å²) < 4.78 is 0. The van der Waals surface area contributed by atoms with Crippen LogP contribution in [0.15, 0.2) is 0 Å². The minimum atomic E-state index is -0.678. The van der Waals surface area contributed by atoms with Gasteiger partial charge in [-0.15, -0.1) is 0 Å². The van der Waals surface area contributed by atoms with Crippen LogP contribution in [0.2, 0.25) is 0 Å². The monoisotopic (exact) mass is 238 g/mol. The molecule has 2 aliphatic carbocycles. The lowest BCUT2D eigenvalue weighted by atomic mass is 9.70. The normalized spacial score (nSPS) is 25.1. The first-order valence-corrected chi connectivity index (χ1v) is 6.87. The van der Waals surface area contributed by atoms with E-state index in [1.807, 2.05) is 0 Å². The zero-order valence-corrected chi connectivity index (χ0v) is 10.4. The number of carboxylic acid groups (broad SMARTS) is 1. The summed E-state index contributed by atoms with van der Waals surface area (Å²) >= 11 is 0. The summed E-state index contributed by atoms with van der Waals surface area (Å²) in [7, 11) is 0. The van der Waals surface area contributed by atoms with Gasteiger partial charge >= 0.3 is 5.97 Å². The van der Waals surface area contributed by atoms with Gasteiger partial charge in [0.15, 0.2) is 0 Å². The largest absolute Gasteiger partial charge is 0.481 e. The predicted molar refractivity (Wildman–Crippen MR) is 64.7 cm³/mol. The number of carbonyl (C=O) groups excluding carboxylic acids is 1. The summed E-state index contributed by atoms with van der Waals surface area (Å²) in [6, 6.07) is 0. The minimum Gasteiger partial charge on any atom is -0.481 e. The maximum absolute atomic E-state index is 11.5.